The van der Waals surface area contributed by atoms with Crippen molar-refractivity contribution in [3.05, 3.63) is 22.8 Å². The van der Waals surface area contributed by atoms with E-state index >= 15 is 0 Å². The fourth-order valence-corrected chi connectivity index (χ4v) is 1.33. The lowest BCUT2D eigenvalue weighted by Crippen LogP contribution is -2.34. The Balaban J connectivity index is 4.07. The predicted octanol–water partition coefficient (Wildman–Crippen LogP) is 3.18. The maximum absolute atomic E-state index is 10.8. The average Bonchev–Trinajstić information content (AvgIpc) is 2.05. The van der Waals surface area contributed by atoms with Gasteiger partial charge in [-0.15, -0.1) is 6.58 Å². The molecule has 0 aromatic rings. The number of hydrogen-bond acceptors (Lipinski definition) is 2. The summed E-state index contributed by atoms with van der Waals surface area (Å²) in [5.41, 5.74) is -0.795. The first-order valence-electron chi connectivity index (χ1n) is 4.82. The topological polar surface area (TPSA) is 43.1 Å². The van der Waals surface area contributed by atoms with Gasteiger partial charge in [-0.2, -0.15) is 0 Å². The molecule has 0 aromatic carbocycles. The van der Waals surface area contributed by atoms with Gasteiger partial charge < -0.3 is 0 Å². The van der Waals surface area contributed by atoms with Crippen molar-refractivity contribution in [3.8, 4) is 0 Å². The Bertz CT molecular complexity index is 180. The summed E-state index contributed by atoms with van der Waals surface area (Å²) >= 11 is 0. The van der Waals surface area contributed by atoms with Gasteiger partial charge in [-0.1, -0.05) is 25.8 Å². The van der Waals surface area contributed by atoms with E-state index in [1.807, 2.05) is 0 Å². The molecule has 0 N–H and O–H groups in total. The number of hydrogen-bond donors (Lipinski definition) is 0. The minimum Gasteiger partial charge on any atom is -0.264 e. The number of unbranched alkanes of at least 4 members (excludes halogenated alkanes) is 2. The molecule has 0 amide bonds. The van der Waals surface area contributed by atoms with E-state index in [9.17, 15) is 10.1 Å². The van der Waals surface area contributed by atoms with E-state index in [-0.39, 0.29) is 4.92 Å². The molecule has 0 fully saturated rings. The van der Waals surface area contributed by atoms with Gasteiger partial charge in [0.1, 0.15) is 0 Å². The van der Waals surface area contributed by atoms with Gasteiger partial charge in [-0.05, 0) is 6.42 Å². The molecule has 1 atom stereocenters. The largest absolute Gasteiger partial charge is 0.264 e. The first kappa shape index (κ1) is 12.1. The molecular weight excluding hydrogens is 166 g/mol. The fourth-order valence-electron chi connectivity index (χ4n) is 1.33. The van der Waals surface area contributed by atoms with Crippen LogP contribution in [0.3, 0.4) is 0 Å². The average molecular weight is 185 g/mol. The molecule has 3 nitrogen and oxygen atoms in total. The molecule has 0 aliphatic heterocycles. The summed E-state index contributed by atoms with van der Waals surface area (Å²) in [6.45, 7) is 7.34. The molecule has 0 saturated carbocycles. The third-order valence-electron chi connectivity index (χ3n) is 2.34. The maximum atomic E-state index is 10.8. The molecule has 0 aromatic heterocycles. The zero-order chi connectivity index (χ0) is 10.3. The van der Waals surface area contributed by atoms with Crippen molar-refractivity contribution in [1.82, 2.24) is 0 Å². The predicted molar refractivity (Wildman–Crippen MR) is 54.4 cm³/mol. The van der Waals surface area contributed by atoms with Crippen molar-refractivity contribution in [1.29, 1.82) is 0 Å². The Morgan fingerprint density at radius 1 is 1.54 bits per heavy atom. The highest BCUT2D eigenvalue weighted by Crippen LogP contribution is 2.22. The van der Waals surface area contributed by atoms with Crippen LogP contribution in [0.5, 0.6) is 0 Å². The van der Waals surface area contributed by atoms with Crippen LogP contribution in [0, 0.1) is 10.1 Å². The van der Waals surface area contributed by atoms with Crippen molar-refractivity contribution in [2.45, 2.75) is 51.5 Å². The van der Waals surface area contributed by atoms with E-state index in [1.54, 1.807) is 13.0 Å². The van der Waals surface area contributed by atoms with Crippen molar-refractivity contribution < 1.29 is 4.92 Å². The van der Waals surface area contributed by atoms with E-state index in [0.717, 1.165) is 19.3 Å². The molecule has 0 radical (unpaired) electrons. The van der Waals surface area contributed by atoms with Crippen LogP contribution in [-0.2, 0) is 0 Å². The zero-order valence-corrected chi connectivity index (χ0v) is 8.58. The molecule has 13 heavy (non-hydrogen) atoms. The summed E-state index contributed by atoms with van der Waals surface area (Å²) in [5, 5.41) is 10.8. The molecule has 76 valence electrons. The molecule has 0 heterocycles. The summed E-state index contributed by atoms with van der Waals surface area (Å²) in [4.78, 5) is 10.6. The molecule has 1 unspecified atom stereocenters. The maximum Gasteiger partial charge on any atom is 0.222 e. The highest BCUT2D eigenvalue weighted by Gasteiger charge is 2.34. The Morgan fingerprint density at radius 3 is 2.54 bits per heavy atom. The standard InChI is InChI=1S/C10H19NO2/c1-4-6-7-9-10(3,8-5-2)11(12)13/h5H,2,4,6-9H2,1,3H3. The van der Waals surface area contributed by atoms with Gasteiger partial charge in [-0.3, -0.25) is 10.1 Å². The van der Waals surface area contributed by atoms with E-state index < -0.39 is 5.54 Å². The lowest BCUT2D eigenvalue weighted by Gasteiger charge is -2.18. The summed E-state index contributed by atoms with van der Waals surface area (Å²) in [6, 6.07) is 0. The number of nitrogens with zero attached hydrogens (tertiary/aromatic N) is 1. The zero-order valence-electron chi connectivity index (χ0n) is 8.58. The second kappa shape index (κ2) is 5.73. The molecule has 0 rings (SSSR count). The summed E-state index contributed by atoms with van der Waals surface area (Å²) in [7, 11) is 0. The lowest BCUT2D eigenvalue weighted by atomic mass is 9.92. The van der Waals surface area contributed by atoms with Crippen molar-refractivity contribution >= 4 is 0 Å². The number of nitro groups is 1. The van der Waals surface area contributed by atoms with E-state index in [0.29, 0.717) is 12.8 Å². The minimum absolute atomic E-state index is 0.176. The summed E-state index contributed by atoms with van der Waals surface area (Å²) < 4.78 is 0. The van der Waals surface area contributed by atoms with Crippen LogP contribution >= 0.6 is 0 Å². The smallest absolute Gasteiger partial charge is 0.222 e. The van der Waals surface area contributed by atoms with Crippen LogP contribution < -0.4 is 0 Å². The van der Waals surface area contributed by atoms with E-state index in [4.69, 9.17) is 0 Å². The van der Waals surface area contributed by atoms with Crippen LogP contribution in [-0.4, -0.2) is 10.5 Å². The molecule has 3 heteroatoms. The lowest BCUT2D eigenvalue weighted by molar-refractivity contribution is -0.565. The monoisotopic (exact) mass is 185 g/mol. The number of rotatable bonds is 7. The van der Waals surface area contributed by atoms with Gasteiger partial charge >= 0.3 is 0 Å². The molecular formula is C10H19NO2. The van der Waals surface area contributed by atoms with Gasteiger partial charge in [0.05, 0.1) is 0 Å². The second-order valence-corrected chi connectivity index (χ2v) is 3.70. The Labute approximate surface area is 80.0 Å². The quantitative estimate of drug-likeness (QED) is 0.264. The Kier molecular flexibility index (Phi) is 5.35. The van der Waals surface area contributed by atoms with Crippen molar-refractivity contribution in [2.24, 2.45) is 0 Å². The van der Waals surface area contributed by atoms with Gasteiger partial charge in [0.15, 0.2) is 0 Å². The third-order valence-corrected chi connectivity index (χ3v) is 2.34. The molecule has 0 saturated heterocycles. The SMILES string of the molecule is C=CCC(C)(CCCCC)[N+](=O)[O-]. The fraction of sp³-hybridized carbons (Fsp3) is 0.800. The van der Waals surface area contributed by atoms with Gasteiger partial charge in [0, 0.05) is 24.7 Å². The highest BCUT2D eigenvalue weighted by atomic mass is 16.6. The van der Waals surface area contributed by atoms with Crippen LogP contribution in [0.2, 0.25) is 0 Å². The normalized spacial score (nSPS) is 14.9. The third kappa shape index (κ3) is 4.06. The summed E-state index contributed by atoms with van der Waals surface area (Å²) in [6.07, 6.45) is 5.85. The van der Waals surface area contributed by atoms with Gasteiger partial charge in [0.2, 0.25) is 5.54 Å². The van der Waals surface area contributed by atoms with Crippen molar-refractivity contribution in [3.63, 3.8) is 0 Å². The Morgan fingerprint density at radius 2 is 2.15 bits per heavy atom. The van der Waals surface area contributed by atoms with Crippen LogP contribution in [0.1, 0.15) is 46.0 Å². The summed E-state index contributed by atoms with van der Waals surface area (Å²) in [5.74, 6) is 0. The molecule has 0 aliphatic rings. The Hall–Kier alpha value is -0.860. The minimum atomic E-state index is -0.795. The second-order valence-electron chi connectivity index (χ2n) is 3.70. The molecule has 0 aliphatic carbocycles. The first-order chi connectivity index (χ1) is 6.06. The molecule has 0 spiro atoms. The van der Waals surface area contributed by atoms with E-state index in [1.165, 1.54) is 0 Å². The highest BCUT2D eigenvalue weighted by molar-refractivity contribution is 4.83. The van der Waals surface area contributed by atoms with E-state index in [2.05, 4.69) is 13.5 Å². The van der Waals surface area contributed by atoms with Crippen LogP contribution in [0.15, 0.2) is 12.7 Å². The first-order valence-corrected chi connectivity index (χ1v) is 4.82. The van der Waals surface area contributed by atoms with Gasteiger partial charge in [-0.25, -0.2) is 0 Å². The molecule has 0 bridgehead atoms. The van der Waals surface area contributed by atoms with Crippen molar-refractivity contribution in [2.75, 3.05) is 0 Å². The van der Waals surface area contributed by atoms with Crippen LogP contribution in [0.4, 0.5) is 0 Å². The van der Waals surface area contributed by atoms with Crippen LogP contribution in [0.25, 0.3) is 0 Å². The van der Waals surface area contributed by atoms with Gasteiger partial charge in [0.25, 0.3) is 0 Å².